The Labute approximate surface area is 198 Å². The minimum atomic E-state index is -0.0771. The van der Waals surface area contributed by atoms with Gasteiger partial charge in [-0.2, -0.15) is 0 Å². The van der Waals surface area contributed by atoms with Gasteiger partial charge in [0.05, 0.1) is 24.4 Å². The molecule has 7 heteroatoms. The van der Waals surface area contributed by atoms with E-state index in [2.05, 4.69) is 61.3 Å². The van der Waals surface area contributed by atoms with Crippen molar-refractivity contribution in [1.29, 1.82) is 0 Å². The third kappa shape index (κ3) is 4.32. The fraction of sp³-hybridized carbons (Fsp3) is 0.192. The molecule has 1 fully saturated rings. The Hall–Kier alpha value is -3.71. The number of benzene rings is 1. The lowest BCUT2D eigenvalue weighted by atomic mass is 10.0. The van der Waals surface area contributed by atoms with E-state index in [0.29, 0.717) is 18.3 Å². The highest BCUT2D eigenvalue weighted by Gasteiger charge is 2.41. The minimum Gasteiger partial charge on any atom is -0.494 e. The summed E-state index contributed by atoms with van der Waals surface area (Å²) in [6, 6.07) is 22.3. The van der Waals surface area contributed by atoms with Gasteiger partial charge in [-0.1, -0.05) is 12.1 Å². The second kappa shape index (κ2) is 9.42. The zero-order chi connectivity index (χ0) is 22.6. The summed E-state index contributed by atoms with van der Waals surface area (Å²) >= 11 is 5.81. The Bertz CT molecular complexity index is 1210. The third-order valence-electron chi connectivity index (χ3n) is 5.78. The first-order valence-corrected chi connectivity index (χ1v) is 11.4. The molecule has 4 heterocycles. The summed E-state index contributed by atoms with van der Waals surface area (Å²) in [4.78, 5) is 11.2. The molecule has 4 aromatic rings. The zero-order valence-electron chi connectivity index (χ0n) is 18.3. The lowest BCUT2D eigenvalue weighted by Crippen LogP contribution is -2.30. The van der Waals surface area contributed by atoms with E-state index in [1.54, 1.807) is 6.20 Å². The first-order valence-electron chi connectivity index (χ1n) is 11.0. The highest BCUT2D eigenvalue weighted by Crippen LogP contribution is 2.40. The number of hydrogen-bond acceptors (Lipinski definition) is 4. The summed E-state index contributed by atoms with van der Waals surface area (Å²) in [6.07, 6.45) is 7.59. The largest absolute Gasteiger partial charge is 0.494 e. The average molecular weight is 456 g/mol. The summed E-state index contributed by atoms with van der Waals surface area (Å²) < 4.78 is 7.83. The molecular formula is C26H25N5OS. The molecule has 6 nitrogen and oxygen atoms in total. The van der Waals surface area contributed by atoms with Crippen LogP contribution >= 0.6 is 12.2 Å². The Morgan fingerprint density at radius 3 is 2.61 bits per heavy atom. The van der Waals surface area contributed by atoms with Crippen molar-refractivity contribution in [3.05, 3.63) is 108 Å². The maximum absolute atomic E-state index is 5.81. The molecular weight excluding hydrogens is 430 g/mol. The Balaban J connectivity index is 1.56. The quantitative estimate of drug-likeness (QED) is 0.403. The molecule has 0 radical (unpaired) electrons. The van der Waals surface area contributed by atoms with Crippen LogP contribution in [0.1, 0.15) is 36.0 Å². The lowest BCUT2D eigenvalue weighted by Gasteiger charge is -2.29. The molecule has 2 atom stereocenters. The molecule has 0 aliphatic carbocycles. The van der Waals surface area contributed by atoms with Crippen molar-refractivity contribution in [2.75, 3.05) is 6.61 Å². The number of rotatable bonds is 7. The summed E-state index contributed by atoms with van der Waals surface area (Å²) in [7, 11) is 0. The van der Waals surface area contributed by atoms with Gasteiger partial charge in [0, 0.05) is 42.7 Å². The monoisotopic (exact) mass is 455 g/mol. The van der Waals surface area contributed by atoms with Crippen LogP contribution in [0, 0.1) is 0 Å². The van der Waals surface area contributed by atoms with Crippen LogP contribution in [0.25, 0.3) is 5.69 Å². The highest BCUT2D eigenvalue weighted by molar-refractivity contribution is 7.80. The third-order valence-corrected chi connectivity index (χ3v) is 6.14. The normalized spacial score (nSPS) is 17.7. The Morgan fingerprint density at radius 2 is 1.88 bits per heavy atom. The molecule has 0 saturated carbocycles. The van der Waals surface area contributed by atoms with E-state index >= 15 is 0 Å². The van der Waals surface area contributed by atoms with Crippen molar-refractivity contribution in [3.8, 4) is 11.4 Å². The van der Waals surface area contributed by atoms with Crippen molar-refractivity contribution in [2.24, 2.45) is 0 Å². The van der Waals surface area contributed by atoms with Crippen LogP contribution in [-0.2, 0) is 6.54 Å². The van der Waals surface area contributed by atoms with E-state index < -0.39 is 0 Å². The number of thiocarbonyl (C=S) groups is 1. The summed E-state index contributed by atoms with van der Waals surface area (Å²) in [5.74, 6) is 0.864. The minimum absolute atomic E-state index is 0.0471. The van der Waals surface area contributed by atoms with Gasteiger partial charge in [0.15, 0.2) is 5.11 Å². The molecule has 1 aliphatic rings. The Kier molecular flexibility index (Phi) is 6.04. The molecule has 1 N–H and O–H groups in total. The number of aromatic nitrogens is 3. The maximum atomic E-state index is 5.81. The molecule has 3 aromatic heterocycles. The number of ether oxygens (including phenoxy) is 1. The first kappa shape index (κ1) is 21.2. The summed E-state index contributed by atoms with van der Waals surface area (Å²) in [5.41, 5.74) is 4.26. The van der Waals surface area contributed by atoms with Crippen LogP contribution < -0.4 is 10.1 Å². The van der Waals surface area contributed by atoms with E-state index in [0.717, 1.165) is 28.4 Å². The second-order valence-corrected chi connectivity index (χ2v) is 8.23. The number of pyridine rings is 2. The average Bonchev–Trinajstić information content (AvgIpc) is 3.46. The van der Waals surface area contributed by atoms with Gasteiger partial charge in [-0.15, -0.1) is 0 Å². The van der Waals surface area contributed by atoms with Crippen LogP contribution in [0.2, 0.25) is 0 Å². The molecule has 0 spiro atoms. The van der Waals surface area contributed by atoms with Crippen molar-refractivity contribution in [2.45, 2.75) is 25.6 Å². The topological polar surface area (TPSA) is 55.2 Å². The number of hydrogen-bond donors (Lipinski definition) is 1. The first-order chi connectivity index (χ1) is 16.2. The van der Waals surface area contributed by atoms with Gasteiger partial charge in [0.2, 0.25) is 0 Å². The fourth-order valence-electron chi connectivity index (χ4n) is 4.33. The Morgan fingerprint density at radius 1 is 1.00 bits per heavy atom. The molecule has 0 bridgehead atoms. The van der Waals surface area contributed by atoms with Crippen molar-refractivity contribution in [3.63, 3.8) is 0 Å². The molecule has 5 rings (SSSR count). The fourth-order valence-corrected chi connectivity index (χ4v) is 4.63. The number of nitrogens with one attached hydrogen (secondary N) is 1. The van der Waals surface area contributed by atoms with Gasteiger partial charge in [-0.25, -0.2) is 0 Å². The highest BCUT2D eigenvalue weighted by atomic mass is 32.1. The van der Waals surface area contributed by atoms with Gasteiger partial charge in [0.25, 0.3) is 0 Å². The predicted molar refractivity (Wildman–Crippen MR) is 132 cm³/mol. The van der Waals surface area contributed by atoms with E-state index in [1.165, 1.54) is 0 Å². The van der Waals surface area contributed by atoms with Crippen LogP contribution in [-0.4, -0.2) is 31.2 Å². The van der Waals surface area contributed by atoms with Crippen LogP contribution in [0.4, 0.5) is 0 Å². The molecule has 166 valence electrons. The van der Waals surface area contributed by atoms with Gasteiger partial charge < -0.3 is 19.5 Å². The molecule has 0 amide bonds. The predicted octanol–water partition coefficient (Wildman–Crippen LogP) is 4.84. The second-order valence-electron chi connectivity index (χ2n) is 7.85. The molecule has 33 heavy (non-hydrogen) atoms. The summed E-state index contributed by atoms with van der Waals surface area (Å²) in [5, 5.41) is 4.23. The maximum Gasteiger partial charge on any atom is 0.170 e. The lowest BCUT2D eigenvalue weighted by molar-refractivity contribution is 0.302. The van der Waals surface area contributed by atoms with Crippen LogP contribution in [0.5, 0.6) is 5.75 Å². The van der Waals surface area contributed by atoms with Gasteiger partial charge in [0.1, 0.15) is 5.75 Å². The van der Waals surface area contributed by atoms with E-state index in [9.17, 15) is 0 Å². The van der Waals surface area contributed by atoms with Crippen molar-refractivity contribution >= 4 is 17.3 Å². The summed E-state index contributed by atoms with van der Waals surface area (Å²) in [6.45, 7) is 3.29. The van der Waals surface area contributed by atoms with Gasteiger partial charge in [-0.05, 0) is 79.3 Å². The van der Waals surface area contributed by atoms with Gasteiger partial charge >= 0.3 is 0 Å². The standard InChI is InChI=1S/C26H25N5OS/c1-2-32-21-12-10-20(11-13-21)30-16-6-9-23(30)25-24(22-8-3-4-15-28-22)29-26(33)31(25)18-19-7-5-14-27-17-19/h3-17,24-25H,2,18H2,1H3,(H,29,33)/t24-,25-/m0/s1. The molecule has 1 aliphatic heterocycles. The van der Waals surface area contributed by atoms with Crippen molar-refractivity contribution in [1.82, 2.24) is 24.8 Å². The van der Waals surface area contributed by atoms with Crippen LogP contribution in [0.15, 0.2) is 91.5 Å². The SMILES string of the molecule is CCOc1ccc(-n2cccc2[C@H]2[C@H](c3ccccn3)NC(=S)N2Cc2cccnc2)cc1. The molecule has 1 saturated heterocycles. The van der Waals surface area contributed by atoms with Crippen LogP contribution in [0.3, 0.4) is 0 Å². The van der Waals surface area contributed by atoms with E-state index in [4.69, 9.17) is 17.0 Å². The van der Waals surface area contributed by atoms with Crippen molar-refractivity contribution < 1.29 is 4.74 Å². The van der Waals surface area contributed by atoms with Gasteiger partial charge in [-0.3, -0.25) is 9.97 Å². The zero-order valence-corrected chi connectivity index (χ0v) is 19.2. The smallest absolute Gasteiger partial charge is 0.170 e. The van der Waals surface area contributed by atoms with E-state index in [-0.39, 0.29) is 12.1 Å². The molecule has 0 unspecified atom stereocenters. The number of nitrogens with zero attached hydrogens (tertiary/aromatic N) is 4. The van der Waals surface area contributed by atoms with E-state index in [1.807, 2.05) is 55.7 Å². The molecule has 1 aromatic carbocycles.